The third-order valence-corrected chi connectivity index (χ3v) is 3.77. The van der Waals surface area contributed by atoms with Crippen molar-refractivity contribution >= 4 is 5.96 Å². The summed E-state index contributed by atoms with van der Waals surface area (Å²) in [5, 5.41) is 6.63. The van der Waals surface area contributed by atoms with Crippen LogP contribution in [0.25, 0.3) is 0 Å². The van der Waals surface area contributed by atoms with Gasteiger partial charge in [-0.1, -0.05) is 36.4 Å². The van der Waals surface area contributed by atoms with E-state index in [1.807, 2.05) is 25.1 Å². The van der Waals surface area contributed by atoms with Gasteiger partial charge in [0.1, 0.15) is 5.75 Å². The van der Waals surface area contributed by atoms with Crippen LogP contribution in [0.4, 0.5) is 0 Å². The Morgan fingerprint density at radius 2 is 1.64 bits per heavy atom. The molecular weight excluding hydrogens is 314 g/mol. The van der Waals surface area contributed by atoms with Crippen LogP contribution in [0, 0.1) is 0 Å². The molecule has 25 heavy (non-hydrogen) atoms. The first-order chi connectivity index (χ1) is 12.2. The zero-order valence-corrected chi connectivity index (χ0v) is 15.2. The number of hydrogen-bond donors (Lipinski definition) is 2. The molecule has 0 radical (unpaired) electrons. The molecule has 0 atom stereocenters. The maximum Gasteiger partial charge on any atom is 0.191 e. The quantitative estimate of drug-likeness (QED) is 0.572. The number of rotatable bonds is 8. The predicted octanol–water partition coefficient (Wildman–Crippen LogP) is 3.10. The van der Waals surface area contributed by atoms with Gasteiger partial charge in [0.25, 0.3) is 0 Å². The van der Waals surface area contributed by atoms with Gasteiger partial charge in [0.05, 0.1) is 13.7 Å². The van der Waals surface area contributed by atoms with E-state index in [1.54, 1.807) is 14.2 Å². The van der Waals surface area contributed by atoms with Gasteiger partial charge in [-0.15, -0.1) is 0 Å². The standard InChI is InChI=1S/C20H27N3O2/c1-4-25-15-17-10-8-16(9-11-17)13-22-20(21-2)23-14-18-6-5-7-19(12-18)24-3/h5-12H,4,13-15H2,1-3H3,(H2,21,22,23). The van der Waals surface area contributed by atoms with Crippen molar-refractivity contribution in [3.8, 4) is 5.75 Å². The molecule has 0 saturated carbocycles. The maximum absolute atomic E-state index is 5.41. The van der Waals surface area contributed by atoms with Gasteiger partial charge in [0, 0.05) is 26.7 Å². The highest BCUT2D eigenvalue weighted by Crippen LogP contribution is 2.12. The number of nitrogens with zero attached hydrogens (tertiary/aromatic N) is 1. The normalized spacial score (nSPS) is 11.2. The molecule has 0 bridgehead atoms. The summed E-state index contributed by atoms with van der Waals surface area (Å²) in [6.07, 6.45) is 0. The van der Waals surface area contributed by atoms with Crippen LogP contribution in [0.15, 0.2) is 53.5 Å². The van der Waals surface area contributed by atoms with E-state index in [2.05, 4.69) is 46.0 Å². The first-order valence-corrected chi connectivity index (χ1v) is 8.48. The highest BCUT2D eigenvalue weighted by molar-refractivity contribution is 5.79. The largest absolute Gasteiger partial charge is 0.497 e. The Balaban J connectivity index is 1.81. The molecule has 0 aliphatic heterocycles. The van der Waals surface area contributed by atoms with Crippen molar-refractivity contribution in [2.24, 2.45) is 4.99 Å². The molecule has 0 aromatic heterocycles. The second-order valence-corrected chi connectivity index (χ2v) is 5.58. The molecule has 5 nitrogen and oxygen atoms in total. The molecule has 2 rings (SSSR count). The van der Waals surface area contributed by atoms with Crippen molar-refractivity contribution in [1.29, 1.82) is 0 Å². The topological polar surface area (TPSA) is 54.9 Å². The van der Waals surface area contributed by atoms with Gasteiger partial charge in [-0.3, -0.25) is 4.99 Å². The van der Waals surface area contributed by atoms with E-state index in [4.69, 9.17) is 9.47 Å². The maximum atomic E-state index is 5.41. The van der Waals surface area contributed by atoms with Crippen LogP contribution in [0.5, 0.6) is 5.75 Å². The number of methoxy groups -OCH3 is 1. The average molecular weight is 341 g/mol. The smallest absolute Gasteiger partial charge is 0.191 e. The van der Waals surface area contributed by atoms with Gasteiger partial charge in [-0.2, -0.15) is 0 Å². The van der Waals surface area contributed by atoms with Crippen LogP contribution in [-0.4, -0.2) is 26.7 Å². The van der Waals surface area contributed by atoms with E-state index < -0.39 is 0 Å². The summed E-state index contributed by atoms with van der Waals surface area (Å²) in [7, 11) is 3.44. The molecular formula is C20H27N3O2. The van der Waals surface area contributed by atoms with Gasteiger partial charge < -0.3 is 20.1 Å². The summed E-state index contributed by atoms with van der Waals surface area (Å²) < 4.78 is 10.7. The van der Waals surface area contributed by atoms with E-state index in [-0.39, 0.29) is 0 Å². The molecule has 2 aromatic rings. The van der Waals surface area contributed by atoms with E-state index in [9.17, 15) is 0 Å². The van der Waals surface area contributed by atoms with Crippen LogP contribution >= 0.6 is 0 Å². The minimum Gasteiger partial charge on any atom is -0.497 e. The summed E-state index contributed by atoms with van der Waals surface area (Å²) in [5.41, 5.74) is 3.53. The second kappa shape index (κ2) is 10.4. The molecule has 0 aliphatic carbocycles. The van der Waals surface area contributed by atoms with E-state index in [1.165, 1.54) is 11.1 Å². The fourth-order valence-corrected chi connectivity index (χ4v) is 2.35. The van der Waals surface area contributed by atoms with E-state index in [0.29, 0.717) is 19.7 Å². The Kier molecular flexibility index (Phi) is 7.79. The molecule has 0 amide bonds. The highest BCUT2D eigenvalue weighted by Gasteiger charge is 2.01. The highest BCUT2D eigenvalue weighted by atomic mass is 16.5. The lowest BCUT2D eigenvalue weighted by molar-refractivity contribution is 0.134. The van der Waals surface area contributed by atoms with Crippen molar-refractivity contribution in [2.45, 2.75) is 26.6 Å². The van der Waals surface area contributed by atoms with Gasteiger partial charge in [-0.05, 0) is 35.7 Å². The third-order valence-electron chi connectivity index (χ3n) is 3.77. The van der Waals surface area contributed by atoms with Crippen molar-refractivity contribution < 1.29 is 9.47 Å². The van der Waals surface area contributed by atoms with Crippen LogP contribution < -0.4 is 15.4 Å². The van der Waals surface area contributed by atoms with Crippen molar-refractivity contribution in [2.75, 3.05) is 20.8 Å². The van der Waals surface area contributed by atoms with Gasteiger partial charge in [0.2, 0.25) is 0 Å². The van der Waals surface area contributed by atoms with Gasteiger partial charge in [-0.25, -0.2) is 0 Å². The molecule has 134 valence electrons. The van der Waals surface area contributed by atoms with Crippen molar-refractivity contribution in [3.05, 3.63) is 65.2 Å². The van der Waals surface area contributed by atoms with E-state index >= 15 is 0 Å². The number of hydrogen-bond acceptors (Lipinski definition) is 3. The Labute approximate surface area is 150 Å². The number of benzene rings is 2. The Hall–Kier alpha value is -2.53. The molecule has 0 fully saturated rings. The molecule has 0 spiro atoms. The number of aliphatic imine (C=N–C) groups is 1. The zero-order chi connectivity index (χ0) is 17.9. The summed E-state index contributed by atoms with van der Waals surface area (Å²) in [4.78, 5) is 4.26. The molecule has 0 heterocycles. The molecule has 0 unspecified atom stereocenters. The predicted molar refractivity (Wildman–Crippen MR) is 102 cm³/mol. The first kappa shape index (κ1) is 18.8. The fourth-order valence-electron chi connectivity index (χ4n) is 2.35. The monoisotopic (exact) mass is 341 g/mol. The van der Waals surface area contributed by atoms with Crippen LogP contribution in [-0.2, 0) is 24.4 Å². The molecule has 5 heteroatoms. The Morgan fingerprint density at radius 1 is 0.960 bits per heavy atom. The summed E-state index contributed by atoms with van der Waals surface area (Å²) in [5.74, 6) is 1.62. The average Bonchev–Trinajstić information content (AvgIpc) is 2.67. The molecule has 2 aromatic carbocycles. The SMILES string of the molecule is CCOCc1ccc(CNC(=NC)NCc2cccc(OC)c2)cc1. The number of nitrogens with one attached hydrogen (secondary N) is 2. The van der Waals surface area contributed by atoms with Crippen molar-refractivity contribution in [1.82, 2.24) is 10.6 Å². The van der Waals surface area contributed by atoms with Crippen LogP contribution in [0.2, 0.25) is 0 Å². The fraction of sp³-hybridized carbons (Fsp3) is 0.350. The summed E-state index contributed by atoms with van der Waals surface area (Å²) in [6.45, 7) is 4.80. The minimum atomic E-state index is 0.661. The lowest BCUT2D eigenvalue weighted by atomic mass is 10.1. The molecule has 0 aliphatic rings. The second-order valence-electron chi connectivity index (χ2n) is 5.58. The number of guanidine groups is 1. The van der Waals surface area contributed by atoms with Crippen LogP contribution in [0.1, 0.15) is 23.6 Å². The summed E-state index contributed by atoms with van der Waals surface area (Å²) in [6, 6.07) is 16.4. The lowest BCUT2D eigenvalue weighted by Gasteiger charge is -2.13. The van der Waals surface area contributed by atoms with Gasteiger partial charge in [0.15, 0.2) is 5.96 Å². The molecule has 2 N–H and O–H groups in total. The first-order valence-electron chi connectivity index (χ1n) is 8.48. The minimum absolute atomic E-state index is 0.661. The van der Waals surface area contributed by atoms with Crippen molar-refractivity contribution in [3.63, 3.8) is 0 Å². The third kappa shape index (κ3) is 6.47. The van der Waals surface area contributed by atoms with Gasteiger partial charge >= 0.3 is 0 Å². The lowest BCUT2D eigenvalue weighted by Crippen LogP contribution is -2.36. The Bertz CT molecular complexity index is 669. The Morgan fingerprint density at radius 3 is 2.28 bits per heavy atom. The summed E-state index contributed by atoms with van der Waals surface area (Å²) >= 11 is 0. The zero-order valence-electron chi connectivity index (χ0n) is 15.2. The van der Waals surface area contributed by atoms with Crippen LogP contribution in [0.3, 0.4) is 0 Å². The molecule has 0 saturated heterocycles. The van der Waals surface area contributed by atoms with E-state index in [0.717, 1.165) is 23.9 Å². The number of ether oxygens (including phenoxy) is 2.